The van der Waals surface area contributed by atoms with Crippen LogP contribution in [0.2, 0.25) is 0 Å². The van der Waals surface area contributed by atoms with Crippen LogP contribution in [0.4, 0.5) is 5.13 Å². The molecule has 0 radical (unpaired) electrons. The summed E-state index contributed by atoms with van der Waals surface area (Å²) in [5, 5.41) is 3.48. The van der Waals surface area contributed by atoms with Crippen molar-refractivity contribution in [2.24, 2.45) is 5.41 Å². The molecule has 1 unspecified atom stereocenters. The topological polar surface area (TPSA) is 59.1 Å². The Balaban J connectivity index is 1.45. The minimum absolute atomic E-state index is 0.0143. The van der Waals surface area contributed by atoms with Crippen molar-refractivity contribution < 1.29 is 9.59 Å². The molecular formula is C20H22N2O2S. The number of rotatable bonds is 3. The van der Waals surface area contributed by atoms with Gasteiger partial charge in [-0.05, 0) is 41.7 Å². The summed E-state index contributed by atoms with van der Waals surface area (Å²) in [6.45, 7) is 4.17. The molecule has 2 aliphatic rings. The van der Waals surface area contributed by atoms with Crippen LogP contribution in [0.3, 0.4) is 0 Å². The summed E-state index contributed by atoms with van der Waals surface area (Å²) >= 11 is 1.32. The van der Waals surface area contributed by atoms with Crippen LogP contribution in [0.25, 0.3) is 0 Å². The van der Waals surface area contributed by atoms with E-state index < -0.39 is 0 Å². The molecule has 2 aromatic rings. The van der Waals surface area contributed by atoms with Gasteiger partial charge in [0.2, 0.25) is 5.91 Å². The molecule has 5 heteroatoms. The van der Waals surface area contributed by atoms with Crippen LogP contribution in [0.5, 0.6) is 0 Å². The third kappa shape index (κ3) is 3.25. The molecule has 4 rings (SSSR count). The van der Waals surface area contributed by atoms with E-state index in [2.05, 4.69) is 42.3 Å². The monoisotopic (exact) mass is 354 g/mol. The molecule has 0 fully saturated rings. The standard InChI is InChI=1S/C20H22N2O2S/c1-20(2)10-15-18(16(23)11-20)25-19(21-15)22-17(24)9-13-8-7-12-5-3-4-6-14(12)13/h3-6,13H,7-11H2,1-2H3,(H,21,22,24). The first kappa shape index (κ1) is 16.5. The predicted molar refractivity (Wildman–Crippen MR) is 99.3 cm³/mol. The second kappa shape index (κ2) is 6.06. The number of carbonyl (C=O) groups is 2. The van der Waals surface area contributed by atoms with Gasteiger partial charge in [0, 0.05) is 12.8 Å². The van der Waals surface area contributed by atoms with E-state index in [1.807, 2.05) is 6.07 Å². The zero-order chi connectivity index (χ0) is 17.6. The fourth-order valence-electron chi connectivity index (χ4n) is 4.03. The number of hydrogen-bond donors (Lipinski definition) is 1. The number of carbonyl (C=O) groups excluding carboxylic acids is 2. The van der Waals surface area contributed by atoms with E-state index in [-0.39, 0.29) is 23.0 Å². The average molecular weight is 354 g/mol. The number of amides is 1. The van der Waals surface area contributed by atoms with Gasteiger partial charge in [-0.2, -0.15) is 0 Å². The molecule has 0 bridgehead atoms. The highest BCUT2D eigenvalue weighted by molar-refractivity contribution is 7.17. The molecule has 1 N–H and O–H groups in total. The first-order chi connectivity index (χ1) is 11.9. The second-order valence-electron chi connectivity index (χ2n) is 7.92. The predicted octanol–water partition coefficient (Wildman–Crippen LogP) is 4.36. The van der Waals surface area contributed by atoms with Crippen molar-refractivity contribution in [2.45, 2.75) is 51.9 Å². The first-order valence-corrected chi connectivity index (χ1v) is 9.63. The Morgan fingerprint density at radius 2 is 2.12 bits per heavy atom. The molecule has 1 amide bonds. The second-order valence-corrected chi connectivity index (χ2v) is 8.92. The largest absolute Gasteiger partial charge is 0.302 e. The molecule has 130 valence electrons. The van der Waals surface area contributed by atoms with Crippen molar-refractivity contribution in [3.8, 4) is 0 Å². The van der Waals surface area contributed by atoms with Gasteiger partial charge >= 0.3 is 0 Å². The van der Waals surface area contributed by atoms with Gasteiger partial charge in [0.05, 0.1) is 10.6 Å². The summed E-state index contributed by atoms with van der Waals surface area (Å²) in [7, 11) is 0. The van der Waals surface area contributed by atoms with Crippen LogP contribution in [0.15, 0.2) is 24.3 Å². The zero-order valence-electron chi connectivity index (χ0n) is 14.6. The van der Waals surface area contributed by atoms with Crippen LogP contribution in [0, 0.1) is 5.41 Å². The minimum Gasteiger partial charge on any atom is -0.302 e. The van der Waals surface area contributed by atoms with Crippen molar-refractivity contribution in [3.05, 3.63) is 46.0 Å². The van der Waals surface area contributed by atoms with Gasteiger partial charge in [0.25, 0.3) is 0 Å². The smallest absolute Gasteiger partial charge is 0.226 e. The summed E-state index contributed by atoms with van der Waals surface area (Å²) < 4.78 is 0. The SMILES string of the molecule is CC1(C)CC(=O)c2sc(NC(=O)CC3CCc4ccccc43)nc2C1. The highest BCUT2D eigenvalue weighted by Gasteiger charge is 2.34. The van der Waals surface area contributed by atoms with Gasteiger partial charge < -0.3 is 5.32 Å². The van der Waals surface area contributed by atoms with Crippen molar-refractivity contribution in [2.75, 3.05) is 5.32 Å². The van der Waals surface area contributed by atoms with Crippen molar-refractivity contribution >= 4 is 28.2 Å². The number of nitrogens with zero attached hydrogens (tertiary/aromatic N) is 1. The molecule has 1 aromatic heterocycles. The van der Waals surface area contributed by atoms with Gasteiger partial charge in [0.15, 0.2) is 10.9 Å². The average Bonchev–Trinajstić information content (AvgIpc) is 3.11. The Morgan fingerprint density at radius 1 is 1.32 bits per heavy atom. The normalized spacial score (nSPS) is 20.9. The number of aromatic nitrogens is 1. The van der Waals surface area contributed by atoms with Crippen molar-refractivity contribution in [3.63, 3.8) is 0 Å². The van der Waals surface area contributed by atoms with Gasteiger partial charge in [-0.1, -0.05) is 49.4 Å². The molecule has 25 heavy (non-hydrogen) atoms. The highest BCUT2D eigenvalue weighted by Crippen LogP contribution is 2.39. The van der Waals surface area contributed by atoms with E-state index in [1.165, 1.54) is 22.5 Å². The number of anilines is 1. The van der Waals surface area contributed by atoms with E-state index in [0.717, 1.165) is 29.8 Å². The molecule has 1 atom stereocenters. The number of aryl methyl sites for hydroxylation is 1. The first-order valence-electron chi connectivity index (χ1n) is 8.82. The van der Waals surface area contributed by atoms with Gasteiger partial charge in [0.1, 0.15) is 0 Å². The Morgan fingerprint density at radius 3 is 2.96 bits per heavy atom. The molecule has 0 saturated heterocycles. The van der Waals surface area contributed by atoms with Crippen LogP contribution in [-0.4, -0.2) is 16.7 Å². The molecule has 0 saturated carbocycles. The van der Waals surface area contributed by atoms with Gasteiger partial charge in [-0.25, -0.2) is 4.98 Å². The molecule has 0 spiro atoms. The summed E-state index contributed by atoms with van der Waals surface area (Å²) in [5.74, 6) is 0.417. The number of nitrogens with one attached hydrogen (secondary N) is 1. The Labute approximate surface area is 151 Å². The van der Waals surface area contributed by atoms with E-state index in [1.54, 1.807) is 0 Å². The third-order valence-electron chi connectivity index (χ3n) is 5.17. The summed E-state index contributed by atoms with van der Waals surface area (Å²) in [6.07, 6.45) is 3.88. The van der Waals surface area contributed by atoms with E-state index in [0.29, 0.717) is 18.0 Å². The molecule has 1 aromatic carbocycles. The molecule has 1 heterocycles. The minimum atomic E-state index is -0.0486. The maximum Gasteiger partial charge on any atom is 0.226 e. The lowest BCUT2D eigenvalue weighted by Crippen LogP contribution is -2.26. The molecular weight excluding hydrogens is 332 g/mol. The number of Topliss-reactive ketones (excluding diaryl/α,β-unsaturated/α-hetero) is 1. The number of benzene rings is 1. The van der Waals surface area contributed by atoms with Gasteiger partial charge in [-0.15, -0.1) is 0 Å². The maximum absolute atomic E-state index is 12.5. The highest BCUT2D eigenvalue weighted by atomic mass is 32.1. The van der Waals surface area contributed by atoms with E-state index in [4.69, 9.17) is 0 Å². The Hall–Kier alpha value is -2.01. The van der Waals surface area contributed by atoms with Crippen LogP contribution in [0.1, 0.15) is 65.5 Å². The number of hydrogen-bond acceptors (Lipinski definition) is 4. The fraction of sp³-hybridized carbons (Fsp3) is 0.450. The maximum atomic E-state index is 12.5. The quantitative estimate of drug-likeness (QED) is 0.891. The number of ketones is 1. The number of thiazole rings is 1. The lowest BCUT2D eigenvalue weighted by atomic mass is 9.78. The lowest BCUT2D eigenvalue weighted by Gasteiger charge is -2.26. The van der Waals surface area contributed by atoms with Crippen LogP contribution >= 0.6 is 11.3 Å². The lowest BCUT2D eigenvalue weighted by molar-refractivity contribution is -0.116. The summed E-state index contributed by atoms with van der Waals surface area (Å²) in [6, 6.07) is 8.37. The van der Waals surface area contributed by atoms with Crippen molar-refractivity contribution in [1.82, 2.24) is 4.98 Å². The summed E-state index contributed by atoms with van der Waals surface area (Å²) in [4.78, 5) is 30.0. The van der Waals surface area contributed by atoms with Gasteiger partial charge in [-0.3, -0.25) is 9.59 Å². The Kier molecular flexibility index (Phi) is 3.99. The van der Waals surface area contributed by atoms with Crippen LogP contribution in [-0.2, 0) is 17.6 Å². The molecule has 2 aliphatic carbocycles. The van der Waals surface area contributed by atoms with E-state index >= 15 is 0 Å². The Bertz CT molecular complexity index is 853. The molecule has 0 aliphatic heterocycles. The van der Waals surface area contributed by atoms with E-state index in [9.17, 15) is 9.59 Å². The number of fused-ring (bicyclic) bond motifs is 2. The third-order valence-corrected chi connectivity index (χ3v) is 6.23. The zero-order valence-corrected chi connectivity index (χ0v) is 15.4. The fourth-order valence-corrected chi connectivity index (χ4v) is 4.96. The van der Waals surface area contributed by atoms with Crippen molar-refractivity contribution in [1.29, 1.82) is 0 Å². The summed E-state index contributed by atoms with van der Waals surface area (Å²) in [5.41, 5.74) is 3.45. The molecule has 4 nitrogen and oxygen atoms in total. The van der Waals surface area contributed by atoms with Crippen LogP contribution < -0.4 is 5.32 Å².